The summed E-state index contributed by atoms with van der Waals surface area (Å²) in [6.45, 7) is 0.245. The number of aliphatic hydroxyl groups is 1. The molecule has 1 aromatic carbocycles. The maximum atomic E-state index is 11.4. The maximum absolute atomic E-state index is 11.4. The number of nitrogens with zero attached hydrogens (tertiary/aromatic N) is 1. The van der Waals surface area contributed by atoms with Gasteiger partial charge in [-0.05, 0) is 42.4 Å². The summed E-state index contributed by atoms with van der Waals surface area (Å²) in [6, 6.07) is 5.79. The molecule has 0 aliphatic heterocycles. The van der Waals surface area contributed by atoms with Crippen LogP contribution in [0.5, 0.6) is 0 Å². The van der Waals surface area contributed by atoms with Gasteiger partial charge in [-0.15, -0.1) is 0 Å². The first-order valence-electron chi connectivity index (χ1n) is 5.83. The van der Waals surface area contributed by atoms with Gasteiger partial charge in [-0.3, -0.25) is 4.57 Å². The van der Waals surface area contributed by atoms with Crippen LogP contribution in [-0.2, 0) is 13.5 Å². The van der Waals surface area contributed by atoms with Crippen LogP contribution < -0.4 is 5.76 Å². The molecule has 0 radical (unpaired) electrons. The monoisotopic (exact) mass is 233 g/mol. The minimum Gasteiger partial charge on any atom is -0.408 e. The molecular formula is C13H15NO3. The minimum atomic E-state index is -0.333. The Morgan fingerprint density at radius 3 is 2.88 bits per heavy atom. The van der Waals surface area contributed by atoms with Gasteiger partial charge in [-0.25, -0.2) is 4.79 Å². The summed E-state index contributed by atoms with van der Waals surface area (Å²) >= 11 is 0. The number of aliphatic hydroxyl groups excluding tert-OH is 1. The Morgan fingerprint density at radius 1 is 1.47 bits per heavy atom. The average Bonchev–Trinajstić information content (AvgIpc) is 3.04. The van der Waals surface area contributed by atoms with Gasteiger partial charge in [0.2, 0.25) is 0 Å². The van der Waals surface area contributed by atoms with Crippen molar-refractivity contribution in [3.8, 4) is 0 Å². The normalized spacial score (nSPS) is 17.5. The zero-order valence-corrected chi connectivity index (χ0v) is 9.77. The van der Waals surface area contributed by atoms with Gasteiger partial charge < -0.3 is 9.52 Å². The van der Waals surface area contributed by atoms with Crippen molar-refractivity contribution in [3.05, 3.63) is 34.3 Å². The summed E-state index contributed by atoms with van der Waals surface area (Å²) in [6.07, 6.45) is 3.05. The van der Waals surface area contributed by atoms with Crippen LogP contribution in [0.25, 0.3) is 11.1 Å². The Balaban J connectivity index is 2.01. The maximum Gasteiger partial charge on any atom is 0.419 e. The summed E-state index contributed by atoms with van der Waals surface area (Å²) in [5.41, 5.74) is 2.69. The standard InChI is InChI=1S/C13H15NO3/c1-14-10-6-9(7-13(8-15)4-5-13)2-3-11(10)17-12(14)16/h2-3,6,15H,4-5,7-8H2,1H3. The summed E-state index contributed by atoms with van der Waals surface area (Å²) in [5, 5.41) is 9.32. The van der Waals surface area contributed by atoms with E-state index in [1.807, 2.05) is 18.2 Å². The third kappa shape index (κ3) is 1.69. The van der Waals surface area contributed by atoms with E-state index in [1.165, 1.54) is 4.57 Å². The molecule has 1 N–H and O–H groups in total. The van der Waals surface area contributed by atoms with E-state index < -0.39 is 0 Å². The lowest BCUT2D eigenvalue weighted by atomic mass is 9.97. The lowest BCUT2D eigenvalue weighted by Gasteiger charge is -2.11. The zero-order valence-electron chi connectivity index (χ0n) is 9.77. The highest BCUT2D eigenvalue weighted by Crippen LogP contribution is 2.47. The molecule has 1 aromatic heterocycles. The van der Waals surface area contributed by atoms with Crippen LogP contribution in [0.3, 0.4) is 0 Å². The van der Waals surface area contributed by atoms with Crippen molar-refractivity contribution >= 4 is 11.1 Å². The van der Waals surface area contributed by atoms with E-state index in [0.29, 0.717) is 5.58 Å². The Labute approximate surface area is 98.5 Å². The number of aryl methyl sites for hydroxylation is 1. The van der Waals surface area contributed by atoms with Crippen molar-refractivity contribution in [3.63, 3.8) is 0 Å². The molecule has 4 heteroatoms. The Kier molecular flexibility index (Phi) is 2.16. The zero-order chi connectivity index (χ0) is 12.0. The second-order valence-electron chi connectivity index (χ2n) is 5.06. The van der Waals surface area contributed by atoms with Gasteiger partial charge in [0.25, 0.3) is 0 Å². The molecule has 90 valence electrons. The van der Waals surface area contributed by atoms with E-state index in [1.54, 1.807) is 7.05 Å². The van der Waals surface area contributed by atoms with Gasteiger partial charge in [-0.2, -0.15) is 0 Å². The first-order valence-corrected chi connectivity index (χ1v) is 5.83. The second-order valence-corrected chi connectivity index (χ2v) is 5.06. The van der Waals surface area contributed by atoms with Crippen molar-refractivity contribution in [2.24, 2.45) is 12.5 Å². The fourth-order valence-electron chi connectivity index (χ4n) is 2.28. The molecule has 4 nitrogen and oxygen atoms in total. The average molecular weight is 233 g/mol. The van der Waals surface area contributed by atoms with Gasteiger partial charge in [-0.1, -0.05) is 6.07 Å². The molecule has 3 rings (SSSR count). The first kappa shape index (κ1) is 10.6. The highest BCUT2D eigenvalue weighted by Gasteiger charge is 2.41. The van der Waals surface area contributed by atoms with Crippen molar-refractivity contribution in [1.29, 1.82) is 0 Å². The van der Waals surface area contributed by atoms with Crippen LogP contribution in [0.4, 0.5) is 0 Å². The molecule has 17 heavy (non-hydrogen) atoms. The van der Waals surface area contributed by atoms with Crippen molar-refractivity contribution in [2.45, 2.75) is 19.3 Å². The lowest BCUT2D eigenvalue weighted by molar-refractivity contribution is 0.211. The van der Waals surface area contributed by atoms with Crippen LogP contribution in [0.15, 0.2) is 27.4 Å². The van der Waals surface area contributed by atoms with E-state index in [4.69, 9.17) is 4.42 Å². The number of rotatable bonds is 3. The first-order chi connectivity index (χ1) is 8.13. The van der Waals surface area contributed by atoms with Crippen LogP contribution in [0.1, 0.15) is 18.4 Å². The number of oxazole rings is 1. The van der Waals surface area contributed by atoms with Crippen LogP contribution in [-0.4, -0.2) is 16.3 Å². The highest BCUT2D eigenvalue weighted by atomic mass is 16.4. The molecule has 0 bridgehead atoms. The molecule has 1 fully saturated rings. The number of hydrogen-bond donors (Lipinski definition) is 1. The van der Waals surface area contributed by atoms with Gasteiger partial charge in [0.15, 0.2) is 5.58 Å². The molecule has 0 amide bonds. The topological polar surface area (TPSA) is 55.4 Å². The number of fused-ring (bicyclic) bond motifs is 1. The molecule has 0 saturated heterocycles. The van der Waals surface area contributed by atoms with E-state index >= 15 is 0 Å². The third-order valence-electron chi connectivity index (χ3n) is 3.73. The Morgan fingerprint density at radius 2 is 2.24 bits per heavy atom. The smallest absolute Gasteiger partial charge is 0.408 e. The molecular weight excluding hydrogens is 218 g/mol. The molecule has 0 unspecified atom stereocenters. The van der Waals surface area contributed by atoms with Crippen LogP contribution in [0, 0.1) is 5.41 Å². The molecule has 1 aliphatic rings. The third-order valence-corrected chi connectivity index (χ3v) is 3.73. The van der Waals surface area contributed by atoms with Crippen LogP contribution in [0.2, 0.25) is 0 Å². The van der Waals surface area contributed by atoms with Gasteiger partial charge >= 0.3 is 5.76 Å². The van der Waals surface area contributed by atoms with Crippen molar-refractivity contribution < 1.29 is 9.52 Å². The molecule has 0 atom stereocenters. The summed E-state index contributed by atoms with van der Waals surface area (Å²) in [5.74, 6) is -0.333. The van der Waals surface area contributed by atoms with Crippen LogP contribution >= 0.6 is 0 Å². The van der Waals surface area contributed by atoms with Crippen molar-refractivity contribution in [2.75, 3.05) is 6.61 Å². The predicted octanol–water partition coefficient (Wildman–Crippen LogP) is 1.45. The SMILES string of the molecule is Cn1c(=O)oc2ccc(CC3(CO)CC3)cc21. The van der Waals surface area contributed by atoms with Gasteiger partial charge in [0.05, 0.1) is 5.52 Å². The molecule has 2 aromatic rings. The van der Waals surface area contributed by atoms with Gasteiger partial charge in [0.1, 0.15) is 0 Å². The highest BCUT2D eigenvalue weighted by molar-refractivity contribution is 5.73. The number of benzene rings is 1. The number of hydrogen-bond acceptors (Lipinski definition) is 3. The summed E-state index contributed by atoms with van der Waals surface area (Å²) < 4.78 is 6.60. The van der Waals surface area contributed by atoms with E-state index in [0.717, 1.165) is 30.3 Å². The second kappa shape index (κ2) is 3.47. The molecule has 1 saturated carbocycles. The summed E-state index contributed by atoms with van der Waals surface area (Å²) in [4.78, 5) is 11.4. The van der Waals surface area contributed by atoms with Crippen molar-refractivity contribution in [1.82, 2.24) is 4.57 Å². The Bertz CT molecular complexity index is 619. The minimum absolute atomic E-state index is 0.0935. The molecule has 0 spiro atoms. The molecule has 1 heterocycles. The number of aromatic nitrogens is 1. The lowest BCUT2D eigenvalue weighted by Crippen LogP contribution is -2.10. The van der Waals surface area contributed by atoms with Gasteiger partial charge in [0, 0.05) is 13.7 Å². The largest absolute Gasteiger partial charge is 0.419 e. The van der Waals surface area contributed by atoms with E-state index in [-0.39, 0.29) is 17.8 Å². The fourth-order valence-corrected chi connectivity index (χ4v) is 2.28. The van der Waals surface area contributed by atoms with E-state index in [9.17, 15) is 9.90 Å². The Hall–Kier alpha value is -1.55. The fraction of sp³-hybridized carbons (Fsp3) is 0.462. The summed E-state index contributed by atoms with van der Waals surface area (Å²) in [7, 11) is 1.71. The van der Waals surface area contributed by atoms with E-state index in [2.05, 4.69) is 0 Å². The quantitative estimate of drug-likeness (QED) is 0.872. The molecule has 1 aliphatic carbocycles. The predicted molar refractivity (Wildman–Crippen MR) is 63.9 cm³/mol.